The van der Waals surface area contributed by atoms with Gasteiger partial charge in [-0.25, -0.2) is 0 Å². The fourth-order valence-electron chi connectivity index (χ4n) is 6.59. The lowest BCUT2D eigenvalue weighted by Crippen LogP contribution is -2.49. The third-order valence-electron chi connectivity index (χ3n) is 9.31. The molecule has 0 saturated carbocycles. The first-order valence-corrected chi connectivity index (χ1v) is 17.0. The van der Waals surface area contributed by atoms with Gasteiger partial charge < -0.3 is 46.1 Å². The average Bonchev–Trinajstić information content (AvgIpc) is 3.46. The lowest BCUT2D eigenvalue weighted by molar-refractivity contribution is -0.126. The van der Waals surface area contributed by atoms with E-state index in [9.17, 15) is 24.3 Å². The number of phenols is 1. The number of carbonyl (C=O) groups excluding carboxylic acids is 4. The van der Waals surface area contributed by atoms with Gasteiger partial charge in [0.15, 0.2) is 5.82 Å². The largest absolute Gasteiger partial charge is 0.507 e. The van der Waals surface area contributed by atoms with Crippen LogP contribution in [-0.2, 0) is 30.4 Å². The summed E-state index contributed by atoms with van der Waals surface area (Å²) in [4.78, 5) is 54.6. The number of nitrogens with one attached hydrogen (secondary N) is 3. The van der Waals surface area contributed by atoms with Gasteiger partial charge in [-0.05, 0) is 56.0 Å². The number of para-hydroxylation sites is 1. The number of carbonyl (C=O) groups is 4. The van der Waals surface area contributed by atoms with E-state index >= 15 is 0 Å². The van der Waals surface area contributed by atoms with Crippen molar-refractivity contribution in [1.82, 2.24) is 25.7 Å². The number of fused-ring (bicyclic) bond motifs is 1. The Morgan fingerprint density at radius 2 is 1.76 bits per heavy atom. The number of nitrogens with zero attached hydrogens (tertiary/aromatic N) is 4. The number of amides is 4. The third kappa shape index (κ3) is 8.27. The molecular weight excluding hydrogens is 656 g/mol. The molecule has 2 aromatic carbocycles. The molecule has 2 saturated heterocycles. The maximum Gasteiger partial charge on any atom is 0.255 e. The number of anilines is 3. The molecule has 4 amide bonds. The molecule has 0 aliphatic carbocycles. The van der Waals surface area contributed by atoms with Gasteiger partial charge in [0, 0.05) is 60.2 Å². The van der Waals surface area contributed by atoms with Crippen molar-refractivity contribution in [3.63, 3.8) is 0 Å². The number of nitrogens with two attached hydrogens (primary N) is 1. The summed E-state index contributed by atoms with van der Waals surface area (Å²) in [7, 11) is 0. The van der Waals surface area contributed by atoms with E-state index in [2.05, 4.69) is 37.6 Å². The van der Waals surface area contributed by atoms with E-state index in [0.29, 0.717) is 91.5 Å². The summed E-state index contributed by atoms with van der Waals surface area (Å²) in [6.07, 6.45) is 2.39. The Balaban J connectivity index is 0.855. The molecule has 6 N–H and O–H groups in total. The van der Waals surface area contributed by atoms with Crippen molar-refractivity contribution < 1.29 is 33.8 Å². The molecule has 1 atom stereocenters. The second-order valence-electron chi connectivity index (χ2n) is 12.7. The molecule has 3 aliphatic heterocycles. The van der Waals surface area contributed by atoms with Crippen molar-refractivity contribution in [2.75, 3.05) is 62.0 Å². The first-order valence-electron chi connectivity index (χ1n) is 17.0. The van der Waals surface area contributed by atoms with Gasteiger partial charge in [0.1, 0.15) is 18.4 Å². The Morgan fingerprint density at radius 1 is 1.00 bits per heavy atom. The van der Waals surface area contributed by atoms with Crippen molar-refractivity contribution in [3.05, 3.63) is 71.9 Å². The highest BCUT2D eigenvalue weighted by molar-refractivity contribution is 6.04. The van der Waals surface area contributed by atoms with Crippen LogP contribution in [0.15, 0.2) is 60.8 Å². The summed E-state index contributed by atoms with van der Waals surface area (Å²) in [6.45, 7) is 6.11. The number of allylic oxidation sites excluding steroid dienone is 1. The van der Waals surface area contributed by atoms with Gasteiger partial charge in [0.25, 0.3) is 5.91 Å². The lowest BCUT2D eigenvalue weighted by Gasteiger charge is -2.33. The van der Waals surface area contributed by atoms with E-state index < -0.39 is 6.04 Å². The summed E-state index contributed by atoms with van der Waals surface area (Å²) in [5.74, 6) is -0.642. The molecule has 15 heteroatoms. The molecular formula is C36H42N8O7. The van der Waals surface area contributed by atoms with Crippen molar-refractivity contribution in [2.24, 2.45) is 5.92 Å². The Morgan fingerprint density at radius 3 is 2.55 bits per heavy atom. The minimum Gasteiger partial charge on any atom is -0.507 e. The second-order valence-corrected chi connectivity index (χ2v) is 12.7. The molecule has 268 valence electrons. The van der Waals surface area contributed by atoms with Crippen LogP contribution in [0.25, 0.3) is 11.3 Å². The van der Waals surface area contributed by atoms with Gasteiger partial charge in [-0.2, -0.15) is 0 Å². The predicted octanol–water partition coefficient (Wildman–Crippen LogP) is 2.18. The fraction of sp³-hybridized carbons (Fsp3) is 0.389. The first kappa shape index (κ1) is 35.3. The van der Waals surface area contributed by atoms with Crippen LogP contribution in [0.3, 0.4) is 0 Å². The van der Waals surface area contributed by atoms with Crippen LogP contribution in [0.2, 0.25) is 0 Å². The number of phenolic OH excluding ortho intramolecular Hbond substituents is 1. The molecule has 3 aromatic rings. The smallest absolute Gasteiger partial charge is 0.255 e. The first-order chi connectivity index (χ1) is 24.7. The van der Waals surface area contributed by atoms with Gasteiger partial charge in [0.05, 0.1) is 31.2 Å². The number of rotatable bonds is 13. The van der Waals surface area contributed by atoms with Crippen LogP contribution >= 0.6 is 0 Å². The van der Waals surface area contributed by atoms with E-state index in [0.717, 1.165) is 5.69 Å². The molecule has 15 nitrogen and oxygen atoms in total. The van der Waals surface area contributed by atoms with E-state index in [1.54, 1.807) is 36.4 Å². The number of nitrogen functional groups attached to an aromatic ring is 1. The molecule has 1 unspecified atom stereocenters. The Kier molecular flexibility index (Phi) is 11.1. The van der Waals surface area contributed by atoms with E-state index in [-0.39, 0.29) is 61.7 Å². The number of ether oxygens (including phenoxy) is 2. The SMILES string of the molecule is C=C1CCC(N2Cc3c(NC(=O)COCCOCCNC(=O)C4CCN(c5cc(-c6ccccc6O)nnc5N)CC4)cccc3C2=O)C(=O)N1. The Hall–Kier alpha value is -5.54. The third-order valence-corrected chi connectivity index (χ3v) is 9.31. The van der Waals surface area contributed by atoms with E-state index in [1.807, 2.05) is 12.1 Å². The summed E-state index contributed by atoms with van der Waals surface area (Å²) < 4.78 is 11.0. The molecule has 0 radical (unpaired) electrons. The van der Waals surface area contributed by atoms with Gasteiger partial charge >= 0.3 is 0 Å². The topological polar surface area (TPSA) is 201 Å². The van der Waals surface area contributed by atoms with Crippen LogP contribution < -0.4 is 26.6 Å². The maximum absolute atomic E-state index is 13.1. The molecule has 51 heavy (non-hydrogen) atoms. The van der Waals surface area contributed by atoms with Crippen LogP contribution in [0.1, 0.15) is 41.6 Å². The van der Waals surface area contributed by atoms with Crippen molar-refractivity contribution in [3.8, 4) is 17.0 Å². The zero-order valence-electron chi connectivity index (χ0n) is 28.2. The highest BCUT2D eigenvalue weighted by atomic mass is 16.5. The molecule has 6 rings (SSSR count). The normalized spacial score (nSPS) is 17.6. The highest BCUT2D eigenvalue weighted by Gasteiger charge is 2.39. The predicted molar refractivity (Wildman–Crippen MR) is 188 cm³/mol. The van der Waals surface area contributed by atoms with E-state index in [1.165, 1.54) is 4.90 Å². The second kappa shape index (κ2) is 16.0. The van der Waals surface area contributed by atoms with Crippen LogP contribution in [0, 0.1) is 5.92 Å². The average molecular weight is 699 g/mol. The number of hydrogen-bond donors (Lipinski definition) is 5. The van der Waals surface area contributed by atoms with Gasteiger partial charge in [-0.15, -0.1) is 10.2 Å². The monoisotopic (exact) mass is 698 g/mol. The zero-order valence-corrected chi connectivity index (χ0v) is 28.2. The summed E-state index contributed by atoms with van der Waals surface area (Å²) in [6, 6.07) is 13.3. The minimum atomic E-state index is -0.585. The van der Waals surface area contributed by atoms with Crippen LogP contribution in [0.4, 0.5) is 17.2 Å². The standard InChI is InChI=1S/C36H42N8O7/c1-22-9-10-29(35(48)39-22)44-20-26-24(36(44)49)6-4-7-27(26)40-32(46)21-51-18-17-50-16-13-38-34(47)23-11-14-43(15-12-23)30-19-28(41-42-33(30)37)25-5-2-3-8-31(25)45/h2-8,19,23,29,45H,1,9-18,20-21H2,(H2,37,42)(H,38,47)(H,39,48)(H,40,46). The molecule has 1 aromatic heterocycles. The summed E-state index contributed by atoms with van der Waals surface area (Å²) >= 11 is 0. The number of benzene rings is 2. The summed E-state index contributed by atoms with van der Waals surface area (Å²) in [5, 5.41) is 26.9. The van der Waals surface area contributed by atoms with Crippen molar-refractivity contribution >= 4 is 40.8 Å². The Labute approximate surface area is 295 Å². The molecule has 0 spiro atoms. The molecule has 3 aliphatic rings. The van der Waals surface area contributed by atoms with Crippen molar-refractivity contribution in [1.29, 1.82) is 0 Å². The maximum atomic E-state index is 13.1. The number of piperidine rings is 2. The van der Waals surface area contributed by atoms with Gasteiger partial charge in [0.2, 0.25) is 17.7 Å². The lowest BCUT2D eigenvalue weighted by atomic mass is 9.95. The summed E-state index contributed by atoms with van der Waals surface area (Å²) in [5.41, 5.74) is 10.2. The molecule has 2 fully saturated rings. The molecule has 4 heterocycles. The number of aromatic nitrogens is 2. The minimum absolute atomic E-state index is 0.0352. The van der Waals surface area contributed by atoms with Crippen LogP contribution in [-0.4, -0.2) is 95.9 Å². The van der Waals surface area contributed by atoms with Gasteiger partial charge in [-0.1, -0.05) is 24.8 Å². The van der Waals surface area contributed by atoms with Crippen molar-refractivity contribution in [2.45, 2.75) is 38.3 Å². The fourth-order valence-corrected chi connectivity index (χ4v) is 6.59. The Bertz CT molecular complexity index is 1810. The molecule has 0 bridgehead atoms. The number of hydrogen-bond acceptors (Lipinski definition) is 11. The quantitative estimate of drug-likeness (QED) is 0.164. The van der Waals surface area contributed by atoms with E-state index in [4.69, 9.17) is 15.2 Å². The zero-order chi connectivity index (χ0) is 35.9. The van der Waals surface area contributed by atoms with Crippen LogP contribution in [0.5, 0.6) is 5.75 Å². The highest BCUT2D eigenvalue weighted by Crippen LogP contribution is 2.34. The van der Waals surface area contributed by atoms with Gasteiger partial charge in [-0.3, -0.25) is 19.2 Å². The number of aromatic hydroxyl groups is 1.